The molecule has 23 heavy (non-hydrogen) atoms. The Morgan fingerprint density at radius 3 is 2.70 bits per heavy atom. The second-order valence-electron chi connectivity index (χ2n) is 5.85. The summed E-state index contributed by atoms with van der Waals surface area (Å²) in [7, 11) is 3.55. The first kappa shape index (κ1) is 17.6. The summed E-state index contributed by atoms with van der Waals surface area (Å²) in [5, 5.41) is 3.45. The molecule has 1 saturated heterocycles. The van der Waals surface area contributed by atoms with Crippen molar-refractivity contribution in [3.8, 4) is 5.75 Å². The lowest BCUT2D eigenvalue weighted by molar-refractivity contribution is 0.0263. The van der Waals surface area contributed by atoms with Gasteiger partial charge in [-0.15, -0.1) is 0 Å². The van der Waals surface area contributed by atoms with Crippen molar-refractivity contribution in [2.45, 2.75) is 39.3 Å². The summed E-state index contributed by atoms with van der Waals surface area (Å²) in [6.45, 7) is 7.63. The van der Waals surface area contributed by atoms with Crippen molar-refractivity contribution in [2.24, 2.45) is 4.99 Å². The fourth-order valence-corrected chi connectivity index (χ4v) is 2.96. The minimum atomic E-state index is 0.399. The summed E-state index contributed by atoms with van der Waals surface area (Å²) in [5.74, 6) is 1.89. The zero-order valence-corrected chi connectivity index (χ0v) is 14.8. The average molecular weight is 319 g/mol. The van der Waals surface area contributed by atoms with Crippen molar-refractivity contribution in [3.05, 3.63) is 29.3 Å². The Balaban J connectivity index is 1.88. The first-order chi connectivity index (χ1) is 11.2. The third-order valence-electron chi connectivity index (χ3n) is 4.28. The van der Waals surface area contributed by atoms with Crippen LogP contribution >= 0.6 is 0 Å². The smallest absolute Gasteiger partial charge is 0.193 e. The van der Waals surface area contributed by atoms with Crippen LogP contribution in [0.2, 0.25) is 0 Å². The monoisotopic (exact) mass is 319 g/mol. The molecule has 1 aromatic rings. The van der Waals surface area contributed by atoms with E-state index in [2.05, 4.69) is 47.3 Å². The number of hydrogen-bond donors (Lipinski definition) is 1. The van der Waals surface area contributed by atoms with Crippen molar-refractivity contribution >= 4 is 5.96 Å². The standard InChI is InChI=1S/C18H29N3O2/c1-5-23-16-8-10-21(11-9-16)18(19-3)20-13-15-7-6-14(2)17(12-15)22-4/h6-7,12,16H,5,8-11,13H2,1-4H3,(H,19,20). The first-order valence-electron chi connectivity index (χ1n) is 8.38. The maximum absolute atomic E-state index is 5.71. The van der Waals surface area contributed by atoms with Gasteiger partial charge in [-0.25, -0.2) is 0 Å². The zero-order valence-electron chi connectivity index (χ0n) is 14.8. The molecule has 1 aliphatic rings. The van der Waals surface area contributed by atoms with Crippen molar-refractivity contribution in [1.29, 1.82) is 0 Å². The van der Waals surface area contributed by atoms with Gasteiger partial charge in [-0.3, -0.25) is 4.99 Å². The number of aliphatic imine (C=N–C) groups is 1. The lowest BCUT2D eigenvalue weighted by Gasteiger charge is -2.34. The number of hydrogen-bond acceptors (Lipinski definition) is 3. The Hall–Kier alpha value is -1.75. The van der Waals surface area contributed by atoms with E-state index in [0.717, 1.165) is 56.4 Å². The van der Waals surface area contributed by atoms with Gasteiger partial charge in [0.05, 0.1) is 13.2 Å². The van der Waals surface area contributed by atoms with Crippen molar-refractivity contribution in [1.82, 2.24) is 10.2 Å². The zero-order chi connectivity index (χ0) is 16.7. The highest BCUT2D eigenvalue weighted by molar-refractivity contribution is 5.80. The van der Waals surface area contributed by atoms with Crippen molar-refractivity contribution in [3.63, 3.8) is 0 Å². The van der Waals surface area contributed by atoms with Gasteiger partial charge in [-0.1, -0.05) is 12.1 Å². The Kier molecular flexibility index (Phi) is 6.71. The van der Waals surface area contributed by atoms with Gasteiger partial charge in [-0.2, -0.15) is 0 Å². The molecule has 5 heteroatoms. The molecule has 1 heterocycles. The van der Waals surface area contributed by atoms with E-state index in [1.165, 1.54) is 5.56 Å². The van der Waals surface area contributed by atoms with Gasteiger partial charge in [0.25, 0.3) is 0 Å². The van der Waals surface area contributed by atoms with Gasteiger partial charge in [0.2, 0.25) is 0 Å². The molecule has 0 radical (unpaired) electrons. The van der Waals surface area contributed by atoms with Crippen LogP contribution in [-0.4, -0.2) is 50.8 Å². The predicted octanol–water partition coefficient (Wildman–Crippen LogP) is 2.58. The molecule has 5 nitrogen and oxygen atoms in total. The highest BCUT2D eigenvalue weighted by Gasteiger charge is 2.21. The Morgan fingerprint density at radius 1 is 1.35 bits per heavy atom. The minimum absolute atomic E-state index is 0.399. The fourth-order valence-electron chi connectivity index (χ4n) is 2.96. The second-order valence-corrected chi connectivity index (χ2v) is 5.85. The van der Waals surface area contributed by atoms with E-state index in [-0.39, 0.29) is 0 Å². The molecule has 0 spiro atoms. The summed E-state index contributed by atoms with van der Waals surface area (Å²) in [6.07, 6.45) is 2.52. The van der Waals surface area contributed by atoms with Gasteiger partial charge in [-0.05, 0) is 43.9 Å². The topological polar surface area (TPSA) is 46.1 Å². The molecule has 0 amide bonds. The molecule has 1 N–H and O–H groups in total. The highest BCUT2D eigenvalue weighted by atomic mass is 16.5. The van der Waals surface area contributed by atoms with Crippen LogP contribution in [0.15, 0.2) is 23.2 Å². The van der Waals surface area contributed by atoms with Gasteiger partial charge in [0.15, 0.2) is 5.96 Å². The third-order valence-corrected chi connectivity index (χ3v) is 4.28. The number of ether oxygens (including phenoxy) is 2. The molecule has 0 unspecified atom stereocenters. The molecular weight excluding hydrogens is 290 g/mol. The molecule has 128 valence electrons. The van der Waals surface area contributed by atoms with Crippen LogP contribution < -0.4 is 10.1 Å². The molecular formula is C18H29N3O2. The summed E-state index contributed by atoms with van der Waals surface area (Å²) in [5.41, 5.74) is 2.34. The lowest BCUT2D eigenvalue weighted by Crippen LogP contribution is -2.46. The van der Waals surface area contributed by atoms with Gasteiger partial charge in [0.1, 0.15) is 5.75 Å². The van der Waals surface area contributed by atoms with Crippen molar-refractivity contribution < 1.29 is 9.47 Å². The van der Waals surface area contributed by atoms with E-state index >= 15 is 0 Å². The first-order valence-corrected chi connectivity index (χ1v) is 8.38. The number of piperidine rings is 1. The Bertz CT molecular complexity index is 523. The molecule has 1 aliphatic heterocycles. The van der Waals surface area contributed by atoms with Gasteiger partial charge in [0, 0.05) is 33.3 Å². The fraction of sp³-hybridized carbons (Fsp3) is 0.611. The number of nitrogens with one attached hydrogen (secondary N) is 1. The number of nitrogens with zero attached hydrogens (tertiary/aromatic N) is 2. The van der Waals surface area contributed by atoms with Crippen LogP contribution in [0.1, 0.15) is 30.9 Å². The molecule has 0 atom stereocenters. The number of likely N-dealkylation sites (tertiary alicyclic amines) is 1. The van der Waals surface area contributed by atoms with E-state index in [4.69, 9.17) is 9.47 Å². The summed E-state index contributed by atoms with van der Waals surface area (Å²) in [4.78, 5) is 6.72. The normalized spacial score (nSPS) is 16.5. The van der Waals surface area contributed by atoms with E-state index in [0.29, 0.717) is 6.10 Å². The van der Waals surface area contributed by atoms with Gasteiger partial charge >= 0.3 is 0 Å². The van der Waals surface area contributed by atoms with E-state index in [9.17, 15) is 0 Å². The van der Waals surface area contributed by atoms with Crippen LogP contribution in [0.5, 0.6) is 5.75 Å². The SMILES string of the molecule is CCOC1CCN(C(=NC)NCc2ccc(C)c(OC)c2)CC1. The maximum atomic E-state index is 5.71. The summed E-state index contributed by atoms with van der Waals surface area (Å²) >= 11 is 0. The van der Waals surface area contributed by atoms with E-state index in [1.54, 1.807) is 7.11 Å². The third kappa shape index (κ3) is 4.86. The lowest BCUT2D eigenvalue weighted by atomic mass is 10.1. The molecule has 0 saturated carbocycles. The minimum Gasteiger partial charge on any atom is -0.496 e. The van der Waals surface area contributed by atoms with E-state index < -0.39 is 0 Å². The second kappa shape index (κ2) is 8.77. The van der Waals surface area contributed by atoms with Crippen molar-refractivity contribution in [2.75, 3.05) is 33.9 Å². The molecule has 1 aromatic carbocycles. The molecule has 0 aromatic heterocycles. The number of guanidine groups is 1. The molecule has 0 bridgehead atoms. The number of aryl methyl sites for hydroxylation is 1. The number of rotatable bonds is 5. The van der Waals surface area contributed by atoms with Crippen LogP contribution in [0.3, 0.4) is 0 Å². The van der Waals surface area contributed by atoms with Gasteiger partial charge < -0.3 is 19.7 Å². The summed E-state index contributed by atoms with van der Waals surface area (Å²) < 4.78 is 11.1. The highest BCUT2D eigenvalue weighted by Crippen LogP contribution is 2.19. The van der Waals surface area contributed by atoms with Crippen LogP contribution in [-0.2, 0) is 11.3 Å². The summed E-state index contributed by atoms with van der Waals surface area (Å²) in [6, 6.07) is 6.29. The Labute approximate surface area is 139 Å². The number of benzene rings is 1. The largest absolute Gasteiger partial charge is 0.496 e. The van der Waals surface area contributed by atoms with Crippen LogP contribution in [0.25, 0.3) is 0 Å². The van der Waals surface area contributed by atoms with Crippen LogP contribution in [0, 0.1) is 6.92 Å². The van der Waals surface area contributed by atoms with Crippen LogP contribution in [0.4, 0.5) is 0 Å². The maximum Gasteiger partial charge on any atom is 0.193 e. The molecule has 2 rings (SSSR count). The predicted molar refractivity (Wildman–Crippen MR) is 94.2 cm³/mol. The Morgan fingerprint density at radius 2 is 2.09 bits per heavy atom. The van der Waals surface area contributed by atoms with E-state index in [1.807, 2.05) is 7.05 Å². The quantitative estimate of drug-likeness (QED) is 0.669. The molecule has 1 fully saturated rings. The average Bonchev–Trinajstić information content (AvgIpc) is 2.58. The number of methoxy groups -OCH3 is 1. The molecule has 0 aliphatic carbocycles.